The Bertz CT molecular complexity index is 997. The maximum Gasteiger partial charge on any atom is 0.420 e. The fourth-order valence-corrected chi connectivity index (χ4v) is 3.76. The average Bonchev–Trinajstić information content (AvgIpc) is 2.73. The third-order valence-electron chi connectivity index (χ3n) is 4.29. The number of ether oxygens (including phenoxy) is 1. The Morgan fingerprint density at radius 1 is 1.03 bits per heavy atom. The van der Waals surface area contributed by atoms with Crippen molar-refractivity contribution in [3.8, 4) is 5.75 Å². The van der Waals surface area contributed by atoms with E-state index in [-0.39, 0.29) is 11.0 Å². The molecule has 3 rings (SSSR count). The van der Waals surface area contributed by atoms with Crippen molar-refractivity contribution in [2.24, 2.45) is 5.92 Å². The normalized spacial score (nSPS) is 11.6. The van der Waals surface area contributed by atoms with Gasteiger partial charge in [-0.3, -0.25) is 0 Å². The highest BCUT2D eigenvalue weighted by molar-refractivity contribution is 7.99. The van der Waals surface area contributed by atoms with Gasteiger partial charge in [0.15, 0.2) is 0 Å². The van der Waals surface area contributed by atoms with E-state index in [4.69, 9.17) is 4.74 Å². The number of para-hydroxylation sites is 2. The van der Waals surface area contributed by atoms with Crippen molar-refractivity contribution < 1.29 is 17.9 Å². The van der Waals surface area contributed by atoms with Gasteiger partial charge in [-0.1, -0.05) is 55.9 Å². The van der Waals surface area contributed by atoms with Gasteiger partial charge in [0.2, 0.25) is 5.95 Å². The van der Waals surface area contributed by atoms with Crippen LogP contribution in [0, 0.1) is 5.92 Å². The Morgan fingerprint density at radius 3 is 2.35 bits per heavy atom. The van der Waals surface area contributed by atoms with E-state index in [0.717, 1.165) is 18.0 Å². The van der Waals surface area contributed by atoms with Gasteiger partial charge in [0, 0.05) is 17.6 Å². The predicted molar refractivity (Wildman–Crippen MR) is 117 cm³/mol. The number of hydrogen-bond acceptors (Lipinski definition) is 5. The summed E-state index contributed by atoms with van der Waals surface area (Å²) >= 11 is 0.968. The number of aromatic nitrogens is 2. The molecule has 3 aromatic rings. The van der Waals surface area contributed by atoms with Crippen LogP contribution in [0.4, 0.5) is 24.8 Å². The molecule has 0 aliphatic carbocycles. The number of nitrogens with zero attached hydrogens (tertiary/aromatic N) is 3. The van der Waals surface area contributed by atoms with Crippen LogP contribution in [0.1, 0.15) is 26.3 Å². The molecular weight excluding hydrogens is 423 g/mol. The van der Waals surface area contributed by atoms with E-state index in [0.29, 0.717) is 35.4 Å². The molecule has 8 heteroatoms. The zero-order valence-electron chi connectivity index (χ0n) is 17.6. The molecule has 164 valence electrons. The maximum absolute atomic E-state index is 13.6. The molecule has 0 atom stereocenters. The summed E-state index contributed by atoms with van der Waals surface area (Å²) in [6.45, 7) is 6.98. The largest absolute Gasteiger partial charge is 0.491 e. The summed E-state index contributed by atoms with van der Waals surface area (Å²) in [6.07, 6.45) is -3.70. The molecular formula is C23H24F3N3OS. The van der Waals surface area contributed by atoms with Crippen molar-refractivity contribution >= 4 is 23.4 Å². The molecule has 0 radical (unpaired) electrons. The smallest absolute Gasteiger partial charge is 0.420 e. The molecule has 0 aliphatic rings. The molecule has 1 heterocycles. The Morgan fingerprint density at radius 2 is 1.71 bits per heavy atom. The highest BCUT2D eigenvalue weighted by Crippen LogP contribution is 2.40. The fourth-order valence-electron chi connectivity index (χ4n) is 2.84. The summed E-state index contributed by atoms with van der Waals surface area (Å²) in [4.78, 5) is 10.8. The fraction of sp³-hybridized carbons (Fsp3) is 0.304. The van der Waals surface area contributed by atoms with Crippen LogP contribution in [-0.4, -0.2) is 23.1 Å². The van der Waals surface area contributed by atoms with Crippen molar-refractivity contribution in [2.75, 3.05) is 18.1 Å². The van der Waals surface area contributed by atoms with Crippen LogP contribution in [-0.2, 0) is 6.18 Å². The topological polar surface area (TPSA) is 38.2 Å². The zero-order valence-corrected chi connectivity index (χ0v) is 18.4. The van der Waals surface area contributed by atoms with Crippen LogP contribution < -0.4 is 9.64 Å². The van der Waals surface area contributed by atoms with Gasteiger partial charge in [-0.25, -0.2) is 9.97 Å². The number of anilines is 2. The van der Waals surface area contributed by atoms with Gasteiger partial charge in [-0.2, -0.15) is 13.2 Å². The molecule has 0 bridgehead atoms. The molecule has 2 aromatic carbocycles. The van der Waals surface area contributed by atoms with Crippen molar-refractivity contribution in [2.45, 2.75) is 36.9 Å². The summed E-state index contributed by atoms with van der Waals surface area (Å²) in [5.74, 6) is 1.16. The number of halogens is 3. The quantitative estimate of drug-likeness (QED) is 0.354. The van der Waals surface area contributed by atoms with Gasteiger partial charge in [0.05, 0.1) is 12.3 Å². The maximum atomic E-state index is 13.6. The lowest BCUT2D eigenvalue weighted by molar-refractivity contribution is -0.140. The van der Waals surface area contributed by atoms with E-state index in [1.807, 2.05) is 51.1 Å². The van der Waals surface area contributed by atoms with Crippen LogP contribution in [0.25, 0.3) is 0 Å². The number of benzene rings is 2. The first-order valence-electron chi connectivity index (χ1n) is 9.96. The standard InChI is InChI=1S/C23H24F3N3OS/c1-4-29(19-12-8-9-13-20(19)30-15-16(2)3)22-27-14-18(23(24,25)26)21(28-22)31-17-10-6-5-7-11-17/h5-14,16H,4,15H2,1-3H3. The van der Waals surface area contributed by atoms with Gasteiger partial charge in [0.25, 0.3) is 0 Å². The lowest BCUT2D eigenvalue weighted by atomic mass is 10.2. The molecule has 0 amide bonds. The molecule has 0 aliphatic heterocycles. The lowest BCUT2D eigenvalue weighted by Crippen LogP contribution is -2.21. The summed E-state index contributed by atoms with van der Waals surface area (Å²) in [5.41, 5.74) is -0.147. The Hall–Kier alpha value is -2.74. The molecule has 4 nitrogen and oxygen atoms in total. The van der Waals surface area contributed by atoms with Crippen molar-refractivity contribution in [1.29, 1.82) is 0 Å². The van der Waals surface area contributed by atoms with E-state index in [2.05, 4.69) is 9.97 Å². The first kappa shape index (κ1) is 22.9. The van der Waals surface area contributed by atoms with Gasteiger partial charge < -0.3 is 9.64 Å². The highest BCUT2D eigenvalue weighted by Gasteiger charge is 2.36. The first-order chi connectivity index (χ1) is 14.8. The van der Waals surface area contributed by atoms with Crippen LogP contribution in [0.3, 0.4) is 0 Å². The Labute approximate surface area is 184 Å². The number of hydrogen-bond donors (Lipinski definition) is 0. The van der Waals surface area contributed by atoms with Crippen LogP contribution in [0.2, 0.25) is 0 Å². The number of rotatable bonds is 8. The van der Waals surface area contributed by atoms with E-state index in [1.54, 1.807) is 29.2 Å². The minimum Gasteiger partial charge on any atom is -0.491 e. The summed E-state index contributed by atoms with van der Waals surface area (Å²) in [7, 11) is 0. The Balaban J connectivity index is 2.02. The third-order valence-corrected chi connectivity index (χ3v) is 5.30. The molecule has 0 saturated heterocycles. The molecule has 1 aromatic heterocycles. The van der Waals surface area contributed by atoms with E-state index < -0.39 is 11.7 Å². The van der Waals surface area contributed by atoms with Crippen LogP contribution in [0.5, 0.6) is 5.75 Å². The Kier molecular flexibility index (Phi) is 7.43. The van der Waals surface area contributed by atoms with Gasteiger partial charge in [-0.05, 0) is 37.1 Å². The lowest BCUT2D eigenvalue weighted by Gasteiger charge is -2.25. The van der Waals surface area contributed by atoms with Gasteiger partial charge in [-0.15, -0.1) is 0 Å². The molecule has 0 fully saturated rings. The number of alkyl halides is 3. The van der Waals surface area contributed by atoms with E-state index in [9.17, 15) is 13.2 Å². The average molecular weight is 448 g/mol. The highest BCUT2D eigenvalue weighted by atomic mass is 32.2. The molecule has 31 heavy (non-hydrogen) atoms. The summed E-state index contributed by atoms with van der Waals surface area (Å²) in [6, 6.07) is 16.3. The monoisotopic (exact) mass is 447 g/mol. The minimum absolute atomic E-state index is 0.136. The summed E-state index contributed by atoms with van der Waals surface area (Å²) < 4.78 is 46.7. The minimum atomic E-state index is -4.55. The van der Waals surface area contributed by atoms with E-state index >= 15 is 0 Å². The second-order valence-corrected chi connectivity index (χ2v) is 8.28. The SMILES string of the molecule is CCN(c1ncc(C(F)(F)F)c(Sc2ccccc2)n1)c1ccccc1OCC(C)C. The van der Waals surface area contributed by atoms with Gasteiger partial charge in [0.1, 0.15) is 16.3 Å². The van der Waals surface area contributed by atoms with Crippen LogP contribution >= 0.6 is 11.8 Å². The van der Waals surface area contributed by atoms with Crippen molar-refractivity contribution in [1.82, 2.24) is 9.97 Å². The second kappa shape index (κ2) is 10.0. The van der Waals surface area contributed by atoms with Crippen LogP contribution in [0.15, 0.2) is 70.7 Å². The second-order valence-electron chi connectivity index (χ2n) is 7.22. The third kappa shape index (κ3) is 5.91. The molecule has 0 spiro atoms. The van der Waals surface area contributed by atoms with Crippen molar-refractivity contribution in [3.05, 3.63) is 66.4 Å². The molecule has 0 N–H and O–H groups in total. The first-order valence-corrected chi connectivity index (χ1v) is 10.8. The predicted octanol–water partition coefficient (Wildman–Crippen LogP) is 6.84. The zero-order chi connectivity index (χ0) is 22.4. The van der Waals surface area contributed by atoms with E-state index in [1.165, 1.54) is 0 Å². The summed E-state index contributed by atoms with van der Waals surface area (Å²) in [5, 5.41) is -0.136. The van der Waals surface area contributed by atoms with Crippen molar-refractivity contribution in [3.63, 3.8) is 0 Å². The molecule has 0 saturated carbocycles. The molecule has 0 unspecified atom stereocenters. The van der Waals surface area contributed by atoms with Gasteiger partial charge >= 0.3 is 6.18 Å².